The smallest absolute Gasteiger partial charge is 0.0184 e. The van der Waals surface area contributed by atoms with Crippen molar-refractivity contribution in [2.75, 3.05) is 0 Å². The number of halogens is 4. The molecule has 0 nitrogen and oxygen atoms in total. The Hall–Kier alpha value is -3.28. The highest BCUT2D eigenvalue weighted by atomic mass is 79.9. The molecule has 8 aromatic carbocycles. The molecule has 0 radical (unpaired) electrons. The SMILES string of the molecule is Br.Br.Br.Br.c1ccc2ccccc2c1.c1ccc2ccccc2c1.c1ccc2ccccc2c1.c1ccc2ccccc2c1. The zero-order valence-electron chi connectivity index (χ0n) is 24.1. The van der Waals surface area contributed by atoms with Crippen LogP contribution < -0.4 is 0 Å². The van der Waals surface area contributed by atoms with Crippen molar-refractivity contribution in [1.82, 2.24) is 0 Å². The largest absolute Gasteiger partial charge is 0.114 e. The zero-order chi connectivity index (χ0) is 27.2. The molecule has 0 aliphatic carbocycles. The van der Waals surface area contributed by atoms with E-state index in [1.54, 1.807) is 0 Å². The fraction of sp³-hybridized carbons (Fsp3) is 0. The van der Waals surface area contributed by atoms with Crippen LogP contribution >= 0.6 is 67.9 Å². The van der Waals surface area contributed by atoms with Crippen molar-refractivity contribution in [2.45, 2.75) is 0 Å². The molecule has 0 saturated carbocycles. The molecule has 0 heterocycles. The first-order valence-corrected chi connectivity index (χ1v) is 13.6. The third-order valence-electron chi connectivity index (χ3n) is 6.63. The molecule has 0 aromatic heterocycles. The van der Waals surface area contributed by atoms with Gasteiger partial charge in [-0.15, -0.1) is 67.9 Å². The number of benzene rings is 8. The van der Waals surface area contributed by atoms with Gasteiger partial charge in [0.05, 0.1) is 0 Å². The maximum absolute atomic E-state index is 2.12. The molecule has 8 aromatic rings. The first kappa shape index (κ1) is 38.7. The summed E-state index contributed by atoms with van der Waals surface area (Å²) in [6.45, 7) is 0. The van der Waals surface area contributed by atoms with Crippen molar-refractivity contribution in [2.24, 2.45) is 0 Å². The molecule has 4 heteroatoms. The second-order valence-electron chi connectivity index (χ2n) is 9.39. The van der Waals surface area contributed by atoms with Crippen LogP contribution in [-0.2, 0) is 0 Å². The number of hydrogen-bond acceptors (Lipinski definition) is 0. The van der Waals surface area contributed by atoms with Gasteiger partial charge in [-0.1, -0.05) is 194 Å². The molecule has 0 aliphatic heterocycles. The van der Waals surface area contributed by atoms with Gasteiger partial charge in [0, 0.05) is 0 Å². The standard InChI is InChI=1S/4C10H8.4BrH/c4*1-2-6-10-8-4-3-7-9(10)5-1;;;;/h4*1-8H;4*1H. The molecule has 0 saturated heterocycles. The van der Waals surface area contributed by atoms with Crippen molar-refractivity contribution in [3.05, 3.63) is 194 Å². The molecular weight excluding hydrogens is 800 g/mol. The molecule has 0 unspecified atom stereocenters. The number of hydrogen-bond donors (Lipinski definition) is 0. The van der Waals surface area contributed by atoms with Crippen molar-refractivity contribution in [3.8, 4) is 0 Å². The van der Waals surface area contributed by atoms with Gasteiger partial charge < -0.3 is 0 Å². The van der Waals surface area contributed by atoms with E-state index in [1.165, 1.54) is 43.1 Å². The predicted molar refractivity (Wildman–Crippen MR) is 217 cm³/mol. The summed E-state index contributed by atoms with van der Waals surface area (Å²) in [7, 11) is 0. The van der Waals surface area contributed by atoms with Crippen molar-refractivity contribution >= 4 is 111 Å². The summed E-state index contributed by atoms with van der Waals surface area (Å²) < 4.78 is 0. The van der Waals surface area contributed by atoms with Gasteiger partial charge >= 0.3 is 0 Å². The Morgan fingerprint density at radius 2 is 0.205 bits per heavy atom. The van der Waals surface area contributed by atoms with Crippen molar-refractivity contribution < 1.29 is 0 Å². The summed E-state index contributed by atoms with van der Waals surface area (Å²) in [5, 5.41) is 10.5. The van der Waals surface area contributed by atoms with E-state index in [0.717, 1.165) is 0 Å². The summed E-state index contributed by atoms with van der Waals surface area (Å²) in [5.41, 5.74) is 0. The second-order valence-corrected chi connectivity index (χ2v) is 9.39. The van der Waals surface area contributed by atoms with Crippen molar-refractivity contribution in [1.29, 1.82) is 0 Å². The van der Waals surface area contributed by atoms with E-state index in [0.29, 0.717) is 0 Å². The van der Waals surface area contributed by atoms with Crippen LogP contribution in [0.25, 0.3) is 43.1 Å². The molecule has 0 atom stereocenters. The van der Waals surface area contributed by atoms with Crippen molar-refractivity contribution in [3.63, 3.8) is 0 Å². The van der Waals surface area contributed by atoms with Crippen LogP contribution in [0.3, 0.4) is 0 Å². The first-order chi connectivity index (χ1) is 19.9. The second kappa shape index (κ2) is 21.4. The molecule has 0 fully saturated rings. The van der Waals surface area contributed by atoms with Gasteiger partial charge in [0.2, 0.25) is 0 Å². The summed E-state index contributed by atoms with van der Waals surface area (Å²) in [6, 6.07) is 66.9. The van der Waals surface area contributed by atoms with E-state index >= 15 is 0 Å². The summed E-state index contributed by atoms with van der Waals surface area (Å²) in [5.74, 6) is 0. The van der Waals surface area contributed by atoms with Gasteiger partial charge in [-0.3, -0.25) is 0 Å². The van der Waals surface area contributed by atoms with Gasteiger partial charge in [0.1, 0.15) is 0 Å². The van der Waals surface area contributed by atoms with Crippen LogP contribution in [0, 0.1) is 0 Å². The van der Waals surface area contributed by atoms with E-state index in [1.807, 2.05) is 0 Å². The van der Waals surface area contributed by atoms with E-state index < -0.39 is 0 Å². The number of fused-ring (bicyclic) bond motifs is 4. The summed E-state index contributed by atoms with van der Waals surface area (Å²) >= 11 is 0. The maximum atomic E-state index is 2.12. The lowest BCUT2D eigenvalue weighted by Gasteiger charge is -1.92. The lowest BCUT2D eigenvalue weighted by Crippen LogP contribution is -1.67. The lowest BCUT2D eigenvalue weighted by atomic mass is 10.1. The minimum Gasteiger partial charge on any atom is -0.114 e. The fourth-order valence-electron chi connectivity index (χ4n) is 4.53. The fourth-order valence-corrected chi connectivity index (χ4v) is 4.53. The highest BCUT2D eigenvalue weighted by Crippen LogP contribution is 2.13. The molecule has 8 rings (SSSR count). The highest BCUT2D eigenvalue weighted by molar-refractivity contribution is 8.93. The Balaban J connectivity index is 0.000000285. The Morgan fingerprint density at radius 1 is 0.136 bits per heavy atom. The third-order valence-corrected chi connectivity index (χ3v) is 6.63. The first-order valence-electron chi connectivity index (χ1n) is 13.6. The third kappa shape index (κ3) is 11.7. The quantitative estimate of drug-likeness (QED) is 0.143. The highest BCUT2D eigenvalue weighted by Gasteiger charge is 1.87. The molecule has 44 heavy (non-hydrogen) atoms. The van der Waals surface area contributed by atoms with E-state index in [2.05, 4.69) is 194 Å². The van der Waals surface area contributed by atoms with Gasteiger partial charge in [-0.2, -0.15) is 0 Å². The topological polar surface area (TPSA) is 0 Å². The minimum atomic E-state index is 0. The van der Waals surface area contributed by atoms with E-state index in [-0.39, 0.29) is 67.9 Å². The predicted octanol–water partition coefficient (Wildman–Crippen LogP) is 13.7. The maximum Gasteiger partial charge on any atom is -0.0184 e. The summed E-state index contributed by atoms with van der Waals surface area (Å²) in [4.78, 5) is 0. The molecular formula is C40H36Br4. The average Bonchev–Trinajstić information content (AvgIpc) is 3.06. The van der Waals surface area contributed by atoms with Crippen LogP contribution in [-0.4, -0.2) is 0 Å². The normalized spacial score (nSPS) is 9.09. The molecule has 0 amide bonds. The Bertz CT molecular complexity index is 1390. The van der Waals surface area contributed by atoms with Crippen LogP contribution in [0.4, 0.5) is 0 Å². The minimum absolute atomic E-state index is 0. The molecule has 0 bridgehead atoms. The Morgan fingerprint density at radius 3 is 0.273 bits per heavy atom. The lowest BCUT2D eigenvalue weighted by molar-refractivity contribution is 1.75. The Labute approximate surface area is 302 Å². The monoisotopic (exact) mass is 832 g/mol. The zero-order valence-corrected chi connectivity index (χ0v) is 31.0. The molecule has 224 valence electrons. The van der Waals surface area contributed by atoms with Gasteiger partial charge in [0.15, 0.2) is 0 Å². The van der Waals surface area contributed by atoms with Gasteiger partial charge in [-0.25, -0.2) is 0 Å². The Kier molecular flexibility index (Phi) is 18.9. The van der Waals surface area contributed by atoms with Gasteiger partial charge in [0.25, 0.3) is 0 Å². The summed E-state index contributed by atoms with van der Waals surface area (Å²) in [6.07, 6.45) is 0. The number of rotatable bonds is 0. The van der Waals surface area contributed by atoms with Crippen LogP contribution in [0.1, 0.15) is 0 Å². The molecule has 0 spiro atoms. The van der Waals surface area contributed by atoms with Gasteiger partial charge in [-0.05, 0) is 43.1 Å². The van der Waals surface area contributed by atoms with E-state index in [4.69, 9.17) is 0 Å². The van der Waals surface area contributed by atoms with Crippen LogP contribution in [0.15, 0.2) is 194 Å². The molecule has 0 N–H and O–H groups in total. The van der Waals surface area contributed by atoms with Crippen LogP contribution in [0.5, 0.6) is 0 Å². The van der Waals surface area contributed by atoms with Crippen LogP contribution in [0.2, 0.25) is 0 Å². The molecule has 0 aliphatic rings. The average molecular weight is 836 g/mol. The van der Waals surface area contributed by atoms with E-state index in [9.17, 15) is 0 Å².